The van der Waals surface area contributed by atoms with E-state index in [2.05, 4.69) is 28.0 Å². The summed E-state index contributed by atoms with van der Waals surface area (Å²) in [6.07, 6.45) is 5.57. The minimum Gasteiger partial charge on any atom is -0.313 e. The number of amides is 1. The van der Waals surface area contributed by atoms with E-state index in [1.807, 2.05) is 18.7 Å². The molecule has 0 saturated carbocycles. The van der Waals surface area contributed by atoms with Crippen LogP contribution >= 0.6 is 0 Å². The highest BCUT2D eigenvalue weighted by Gasteiger charge is 2.30. The third-order valence-electron chi connectivity index (χ3n) is 5.98. The summed E-state index contributed by atoms with van der Waals surface area (Å²) in [4.78, 5) is 14.8. The maximum Gasteiger partial charge on any atom is 0.233 e. The molecular weight excluding hydrogens is 422 g/mol. The number of aryl methyl sites for hydroxylation is 2. The average Bonchev–Trinajstić information content (AvgIpc) is 2.83. The number of carbonyl (C=O) groups excluding carboxylic acids is 1. The van der Waals surface area contributed by atoms with Crippen molar-refractivity contribution in [2.24, 2.45) is 5.10 Å². The number of rotatable bonds is 7. The highest BCUT2D eigenvalue weighted by molar-refractivity contribution is 6.21. The van der Waals surface area contributed by atoms with Gasteiger partial charge in [-0.25, -0.2) is 8.78 Å². The summed E-state index contributed by atoms with van der Waals surface area (Å²) >= 11 is 0. The van der Waals surface area contributed by atoms with Gasteiger partial charge in [-0.15, -0.1) is 0 Å². The van der Waals surface area contributed by atoms with E-state index in [4.69, 9.17) is 0 Å². The third kappa shape index (κ3) is 5.96. The van der Waals surface area contributed by atoms with Gasteiger partial charge in [0.1, 0.15) is 0 Å². The number of hydrogen-bond donors (Lipinski definition) is 2. The molecule has 0 bridgehead atoms. The molecular formula is C26H34F2N4O. The predicted molar refractivity (Wildman–Crippen MR) is 130 cm³/mol. The van der Waals surface area contributed by atoms with Crippen LogP contribution in [0.1, 0.15) is 61.8 Å². The van der Waals surface area contributed by atoms with Crippen molar-refractivity contribution >= 4 is 17.3 Å². The number of fused-ring (bicyclic) bond motifs is 2. The molecule has 0 spiro atoms. The number of nitrogens with zero attached hydrogens (tertiary/aromatic N) is 2. The highest BCUT2D eigenvalue weighted by atomic mass is 19.2. The van der Waals surface area contributed by atoms with Gasteiger partial charge in [-0.2, -0.15) is 5.10 Å². The minimum absolute atomic E-state index is 0.0536. The molecule has 1 aliphatic heterocycles. The Hall–Kier alpha value is -2.80. The van der Waals surface area contributed by atoms with Crippen LogP contribution in [0.25, 0.3) is 0 Å². The molecule has 2 N–H and O–H groups in total. The molecule has 5 nitrogen and oxygen atoms in total. The van der Waals surface area contributed by atoms with Crippen molar-refractivity contribution < 1.29 is 13.6 Å². The molecule has 0 radical (unpaired) electrons. The van der Waals surface area contributed by atoms with Gasteiger partial charge in [-0.05, 0) is 79.6 Å². The lowest BCUT2D eigenvalue weighted by atomic mass is 9.86. The lowest BCUT2D eigenvalue weighted by molar-refractivity contribution is -0.117. The molecule has 1 aliphatic carbocycles. The number of benzene rings is 2. The Bertz CT molecular complexity index is 1010. The second kappa shape index (κ2) is 11.9. The van der Waals surface area contributed by atoms with Crippen LogP contribution in [0.5, 0.6) is 0 Å². The Morgan fingerprint density at radius 2 is 1.76 bits per heavy atom. The molecule has 1 amide bonds. The fourth-order valence-electron chi connectivity index (χ4n) is 4.42. The number of halogens is 2. The first-order valence-electron chi connectivity index (χ1n) is 11.9. The van der Waals surface area contributed by atoms with Gasteiger partial charge in [0.2, 0.25) is 5.91 Å². The molecule has 2 aromatic rings. The van der Waals surface area contributed by atoms with E-state index >= 15 is 0 Å². The number of carbonyl (C=O) groups is 1. The molecule has 0 aromatic heterocycles. The Morgan fingerprint density at radius 3 is 2.45 bits per heavy atom. The summed E-state index contributed by atoms with van der Waals surface area (Å²) in [7, 11) is 1.75. The number of anilines is 1. The number of nitrogens with one attached hydrogen (secondary N) is 2. The summed E-state index contributed by atoms with van der Waals surface area (Å²) < 4.78 is 26.4. The standard InChI is InChI=1S/C24H28F2N4O.C2H6/c1-27-29-22-14-24(31)30(23-13-18-6-3-2-5-17(18)12-19(22)23)10-4-9-28-15-16-7-8-20(25)21(26)11-16;1-2/h7-8,11-13,27-28H,2-6,9-10,14-15H2,1H3;1-2H3/b29-22+;. The SMILES string of the molecule is CC.CN/N=C1\CC(=O)N(CCCNCc2ccc(F)c(F)c2)c2cc3c(cc21)CCCC3. The molecule has 7 heteroatoms. The van der Waals surface area contributed by atoms with Crippen LogP contribution < -0.4 is 15.6 Å². The van der Waals surface area contributed by atoms with Gasteiger partial charge in [0.05, 0.1) is 17.8 Å². The van der Waals surface area contributed by atoms with E-state index < -0.39 is 11.6 Å². The van der Waals surface area contributed by atoms with E-state index in [0.29, 0.717) is 25.2 Å². The van der Waals surface area contributed by atoms with Crippen LogP contribution in [0.2, 0.25) is 0 Å². The molecule has 0 fully saturated rings. The van der Waals surface area contributed by atoms with Crippen LogP contribution in [-0.4, -0.2) is 31.8 Å². The van der Waals surface area contributed by atoms with Crippen molar-refractivity contribution in [1.82, 2.24) is 10.7 Å². The van der Waals surface area contributed by atoms with Crippen molar-refractivity contribution in [2.75, 3.05) is 25.0 Å². The maximum absolute atomic E-state index is 13.3. The van der Waals surface area contributed by atoms with E-state index in [1.165, 1.54) is 30.0 Å². The average molecular weight is 457 g/mol. The van der Waals surface area contributed by atoms with Crippen molar-refractivity contribution in [2.45, 2.75) is 58.9 Å². The van der Waals surface area contributed by atoms with Crippen molar-refractivity contribution in [3.05, 3.63) is 64.2 Å². The lowest BCUT2D eigenvalue weighted by Gasteiger charge is -2.32. The number of hydrazone groups is 1. The fraction of sp³-hybridized carbons (Fsp3) is 0.462. The van der Waals surface area contributed by atoms with Crippen LogP contribution in [-0.2, 0) is 24.2 Å². The molecule has 33 heavy (non-hydrogen) atoms. The Morgan fingerprint density at radius 1 is 1.03 bits per heavy atom. The zero-order chi connectivity index (χ0) is 23.8. The van der Waals surface area contributed by atoms with Gasteiger partial charge < -0.3 is 15.6 Å². The van der Waals surface area contributed by atoms with Crippen LogP contribution in [0, 0.1) is 11.6 Å². The van der Waals surface area contributed by atoms with Crippen LogP contribution in [0.15, 0.2) is 35.4 Å². The molecule has 2 aliphatic rings. The topological polar surface area (TPSA) is 56.7 Å². The van der Waals surface area contributed by atoms with Crippen molar-refractivity contribution in [3.8, 4) is 0 Å². The molecule has 2 aromatic carbocycles. The largest absolute Gasteiger partial charge is 0.313 e. The van der Waals surface area contributed by atoms with E-state index in [9.17, 15) is 13.6 Å². The second-order valence-corrected chi connectivity index (χ2v) is 8.13. The molecule has 4 rings (SSSR count). The summed E-state index contributed by atoms with van der Waals surface area (Å²) in [6.45, 7) is 5.72. The normalized spacial score (nSPS) is 16.1. The second-order valence-electron chi connectivity index (χ2n) is 8.13. The fourth-order valence-corrected chi connectivity index (χ4v) is 4.42. The van der Waals surface area contributed by atoms with E-state index in [1.54, 1.807) is 13.1 Å². The lowest BCUT2D eigenvalue weighted by Crippen LogP contribution is -2.40. The van der Waals surface area contributed by atoms with Gasteiger partial charge in [0.25, 0.3) is 0 Å². The Balaban J connectivity index is 0.00000149. The summed E-state index contributed by atoms with van der Waals surface area (Å²) in [6, 6.07) is 8.32. The third-order valence-corrected chi connectivity index (χ3v) is 5.98. The van der Waals surface area contributed by atoms with Crippen molar-refractivity contribution in [3.63, 3.8) is 0 Å². The van der Waals surface area contributed by atoms with E-state index in [-0.39, 0.29) is 12.3 Å². The predicted octanol–water partition coefficient (Wildman–Crippen LogP) is 4.71. The first kappa shape index (κ1) is 24.8. The van der Waals surface area contributed by atoms with Crippen molar-refractivity contribution in [1.29, 1.82) is 0 Å². The minimum atomic E-state index is -0.839. The van der Waals surface area contributed by atoms with Gasteiger partial charge in [0, 0.05) is 25.7 Å². The summed E-state index contributed by atoms with van der Waals surface area (Å²) in [5, 5.41) is 7.61. The quantitative estimate of drug-likeness (QED) is 0.469. The molecule has 0 unspecified atom stereocenters. The van der Waals surface area contributed by atoms with Gasteiger partial charge >= 0.3 is 0 Å². The zero-order valence-corrected chi connectivity index (χ0v) is 19.8. The van der Waals surface area contributed by atoms with Crippen LogP contribution in [0.3, 0.4) is 0 Å². The highest BCUT2D eigenvalue weighted by Crippen LogP contribution is 2.34. The number of hydrogen-bond acceptors (Lipinski definition) is 4. The maximum atomic E-state index is 13.3. The summed E-state index contributed by atoms with van der Waals surface area (Å²) in [5.41, 5.74) is 9.03. The summed E-state index contributed by atoms with van der Waals surface area (Å²) in [5.74, 6) is -1.62. The molecule has 0 saturated heterocycles. The van der Waals surface area contributed by atoms with Gasteiger partial charge in [-0.1, -0.05) is 19.9 Å². The van der Waals surface area contributed by atoms with E-state index in [0.717, 1.165) is 42.3 Å². The monoisotopic (exact) mass is 456 g/mol. The van der Waals surface area contributed by atoms with Gasteiger partial charge in [0.15, 0.2) is 11.6 Å². The molecule has 0 atom stereocenters. The Labute approximate surface area is 195 Å². The molecule has 178 valence electrons. The van der Waals surface area contributed by atoms with Gasteiger partial charge in [-0.3, -0.25) is 4.79 Å². The zero-order valence-electron chi connectivity index (χ0n) is 19.8. The smallest absolute Gasteiger partial charge is 0.233 e. The van der Waals surface area contributed by atoms with Crippen LogP contribution in [0.4, 0.5) is 14.5 Å². The Kier molecular flexibility index (Phi) is 8.95. The first-order chi connectivity index (χ1) is 16.1. The molecule has 1 heterocycles. The first-order valence-corrected chi connectivity index (χ1v) is 11.9.